The van der Waals surface area contributed by atoms with Crippen LogP contribution in [0.3, 0.4) is 0 Å². The van der Waals surface area contributed by atoms with Crippen LogP contribution in [0.5, 0.6) is 0 Å². The molecule has 14 heavy (non-hydrogen) atoms. The van der Waals surface area contributed by atoms with Crippen molar-refractivity contribution < 1.29 is 0 Å². The zero-order valence-corrected chi connectivity index (χ0v) is 10.5. The third-order valence-corrected chi connectivity index (χ3v) is 3.48. The van der Waals surface area contributed by atoms with E-state index in [0.717, 1.165) is 0 Å². The van der Waals surface area contributed by atoms with E-state index in [1.165, 1.54) is 15.6 Å². The maximum atomic E-state index is 5.73. The van der Waals surface area contributed by atoms with E-state index in [-0.39, 0.29) is 5.41 Å². The summed E-state index contributed by atoms with van der Waals surface area (Å²) in [6.07, 6.45) is 0. The van der Waals surface area contributed by atoms with E-state index >= 15 is 0 Å². The Bertz CT molecular complexity index is 308. The molecule has 1 aromatic rings. The van der Waals surface area contributed by atoms with Crippen LogP contribution >= 0.6 is 11.3 Å². The maximum Gasteiger partial charge on any atom is 0.0957 e. The second-order valence-electron chi connectivity index (χ2n) is 4.93. The number of thiazole rings is 1. The Kier molecular flexibility index (Phi) is 3.32. The third kappa shape index (κ3) is 2.34. The molecule has 0 bridgehead atoms. The fourth-order valence-corrected chi connectivity index (χ4v) is 2.50. The predicted molar refractivity (Wildman–Crippen MR) is 62.8 cm³/mol. The summed E-state index contributed by atoms with van der Waals surface area (Å²) in [4.78, 5) is 5.93. The molecule has 1 heterocycles. The average Bonchev–Trinajstić information content (AvgIpc) is 2.46. The van der Waals surface area contributed by atoms with Gasteiger partial charge in [0.2, 0.25) is 0 Å². The van der Waals surface area contributed by atoms with Gasteiger partial charge in [-0.1, -0.05) is 34.6 Å². The smallest absolute Gasteiger partial charge is 0.0957 e. The molecule has 0 spiro atoms. The van der Waals surface area contributed by atoms with Crippen LogP contribution in [0.1, 0.15) is 56.1 Å². The molecular formula is C11H20N2S. The van der Waals surface area contributed by atoms with Gasteiger partial charge in [0.1, 0.15) is 0 Å². The van der Waals surface area contributed by atoms with Gasteiger partial charge in [-0.2, -0.15) is 0 Å². The molecule has 0 aromatic carbocycles. The highest BCUT2D eigenvalue weighted by molar-refractivity contribution is 7.11. The van der Waals surface area contributed by atoms with E-state index in [1.807, 2.05) is 0 Å². The van der Waals surface area contributed by atoms with Crippen LogP contribution in [0.25, 0.3) is 0 Å². The van der Waals surface area contributed by atoms with Gasteiger partial charge in [0.15, 0.2) is 0 Å². The standard InChI is InChI=1S/C11H20N2S/c1-7(2)10-13-9(11(3,4)5)8(6-12)14-10/h7H,6,12H2,1-5H3. The van der Waals surface area contributed by atoms with Gasteiger partial charge in [-0.3, -0.25) is 0 Å². The lowest BCUT2D eigenvalue weighted by atomic mass is 9.91. The molecule has 0 atom stereocenters. The van der Waals surface area contributed by atoms with Gasteiger partial charge < -0.3 is 5.73 Å². The lowest BCUT2D eigenvalue weighted by Crippen LogP contribution is -2.15. The minimum absolute atomic E-state index is 0.109. The number of rotatable bonds is 2. The van der Waals surface area contributed by atoms with Crippen LogP contribution in [0.2, 0.25) is 0 Å². The van der Waals surface area contributed by atoms with E-state index in [1.54, 1.807) is 11.3 Å². The number of aromatic nitrogens is 1. The number of nitrogens with two attached hydrogens (primary N) is 1. The van der Waals surface area contributed by atoms with E-state index in [0.29, 0.717) is 12.5 Å². The molecule has 80 valence electrons. The third-order valence-electron chi connectivity index (χ3n) is 2.10. The van der Waals surface area contributed by atoms with Crippen molar-refractivity contribution in [2.45, 2.75) is 52.5 Å². The molecular weight excluding hydrogens is 192 g/mol. The Hall–Kier alpha value is -0.410. The van der Waals surface area contributed by atoms with Crippen molar-refractivity contribution in [3.63, 3.8) is 0 Å². The van der Waals surface area contributed by atoms with Crippen molar-refractivity contribution in [2.24, 2.45) is 5.73 Å². The molecule has 0 saturated carbocycles. The lowest BCUT2D eigenvalue weighted by Gasteiger charge is -2.16. The van der Waals surface area contributed by atoms with Gasteiger partial charge in [0.25, 0.3) is 0 Å². The topological polar surface area (TPSA) is 38.9 Å². The lowest BCUT2D eigenvalue weighted by molar-refractivity contribution is 0.563. The second kappa shape index (κ2) is 3.99. The van der Waals surface area contributed by atoms with Crippen molar-refractivity contribution >= 4 is 11.3 Å². The Labute approximate surface area is 90.6 Å². The first-order valence-corrected chi connectivity index (χ1v) is 5.88. The normalized spacial score (nSPS) is 12.5. The molecule has 2 N–H and O–H groups in total. The molecule has 3 heteroatoms. The highest BCUT2D eigenvalue weighted by Gasteiger charge is 2.22. The van der Waals surface area contributed by atoms with Crippen molar-refractivity contribution in [1.29, 1.82) is 0 Å². The van der Waals surface area contributed by atoms with Crippen molar-refractivity contribution in [1.82, 2.24) is 4.98 Å². The summed E-state index contributed by atoms with van der Waals surface area (Å²) >= 11 is 1.76. The molecule has 0 aliphatic carbocycles. The molecule has 1 rings (SSSR count). The molecule has 0 unspecified atom stereocenters. The van der Waals surface area contributed by atoms with Crippen LogP contribution in [0.15, 0.2) is 0 Å². The molecule has 0 radical (unpaired) electrons. The largest absolute Gasteiger partial charge is 0.326 e. The molecule has 0 fully saturated rings. The summed E-state index contributed by atoms with van der Waals surface area (Å²) in [7, 11) is 0. The predicted octanol–water partition coefficient (Wildman–Crippen LogP) is 3.02. The summed E-state index contributed by atoms with van der Waals surface area (Å²) in [5.74, 6) is 0.501. The van der Waals surface area contributed by atoms with E-state index in [4.69, 9.17) is 10.7 Å². The molecule has 2 nitrogen and oxygen atoms in total. The Morgan fingerprint density at radius 1 is 1.36 bits per heavy atom. The summed E-state index contributed by atoms with van der Waals surface area (Å²) in [6.45, 7) is 11.5. The maximum absolute atomic E-state index is 5.73. The van der Waals surface area contributed by atoms with Gasteiger partial charge in [0, 0.05) is 22.8 Å². The SMILES string of the molecule is CC(C)c1nc(C(C)(C)C)c(CN)s1. The van der Waals surface area contributed by atoms with Crippen LogP contribution in [0, 0.1) is 0 Å². The van der Waals surface area contributed by atoms with E-state index < -0.39 is 0 Å². The van der Waals surface area contributed by atoms with Gasteiger partial charge in [0.05, 0.1) is 10.7 Å². The molecule has 0 aliphatic rings. The highest BCUT2D eigenvalue weighted by Crippen LogP contribution is 2.32. The first kappa shape index (κ1) is 11.7. The second-order valence-corrected chi connectivity index (χ2v) is 6.05. The van der Waals surface area contributed by atoms with Crippen molar-refractivity contribution in [3.05, 3.63) is 15.6 Å². The quantitative estimate of drug-likeness (QED) is 0.818. The van der Waals surface area contributed by atoms with Gasteiger partial charge in [-0.25, -0.2) is 4.98 Å². The van der Waals surface area contributed by atoms with Crippen LogP contribution in [-0.2, 0) is 12.0 Å². The summed E-state index contributed by atoms with van der Waals surface area (Å²) in [5.41, 5.74) is 7.02. The zero-order valence-electron chi connectivity index (χ0n) is 9.72. The first-order chi connectivity index (χ1) is 6.36. The Balaban J connectivity index is 3.16. The summed E-state index contributed by atoms with van der Waals surface area (Å²) < 4.78 is 0. The highest BCUT2D eigenvalue weighted by atomic mass is 32.1. The molecule has 1 aromatic heterocycles. The number of hydrogen-bond donors (Lipinski definition) is 1. The summed E-state index contributed by atoms with van der Waals surface area (Å²) in [6, 6.07) is 0. The Morgan fingerprint density at radius 2 is 1.93 bits per heavy atom. The zero-order chi connectivity index (χ0) is 10.9. The monoisotopic (exact) mass is 212 g/mol. The minimum Gasteiger partial charge on any atom is -0.326 e. The minimum atomic E-state index is 0.109. The number of nitrogens with zero attached hydrogens (tertiary/aromatic N) is 1. The average molecular weight is 212 g/mol. The van der Waals surface area contributed by atoms with Crippen LogP contribution in [-0.4, -0.2) is 4.98 Å². The van der Waals surface area contributed by atoms with Crippen molar-refractivity contribution in [3.8, 4) is 0 Å². The van der Waals surface area contributed by atoms with E-state index in [2.05, 4.69) is 34.6 Å². The number of hydrogen-bond acceptors (Lipinski definition) is 3. The van der Waals surface area contributed by atoms with Gasteiger partial charge in [-0.05, 0) is 0 Å². The molecule has 0 aliphatic heterocycles. The fourth-order valence-electron chi connectivity index (χ4n) is 1.34. The first-order valence-electron chi connectivity index (χ1n) is 5.06. The van der Waals surface area contributed by atoms with Crippen molar-refractivity contribution in [2.75, 3.05) is 0 Å². The van der Waals surface area contributed by atoms with Crippen LogP contribution in [0.4, 0.5) is 0 Å². The van der Waals surface area contributed by atoms with Gasteiger partial charge >= 0.3 is 0 Å². The van der Waals surface area contributed by atoms with Gasteiger partial charge in [-0.15, -0.1) is 11.3 Å². The Morgan fingerprint density at radius 3 is 2.21 bits per heavy atom. The fraction of sp³-hybridized carbons (Fsp3) is 0.727. The van der Waals surface area contributed by atoms with Crippen LogP contribution < -0.4 is 5.73 Å². The molecule has 0 amide bonds. The molecule has 0 saturated heterocycles. The summed E-state index contributed by atoms with van der Waals surface area (Å²) in [5, 5.41) is 1.20. The van der Waals surface area contributed by atoms with E-state index in [9.17, 15) is 0 Å².